The summed E-state index contributed by atoms with van der Waals surface area (Å²) in [5.74, 6) is -1.31. The fourth-order valence-corrected chi connectivity index (χ4v) is 3.02. The molecular formula is C19H12F2N4. The second kappa shape index (κ2) is 5.95. The van der Waals surface area contributed by atoms with Crippen molar-refractivity contribution in [2.24, 2.45) is 4.99 Å². The number of H-pyrrole nitrogens is 1. The minimum absolute atomic E-state index is 0.237. The molecule has 0 saturated heterocycles. The van der Waals surface area contributed by atoms with Gasteiger partial charge in [-0.05, 0) is 42.3 Å². The molecule has 6 heteroatoms. The van der Waals surface area contributed by atoms with Crippen LogP contribution in [0.25, 0.3) is 27.7 Å². The molecule has 0 atom stereocenters. The summed E-state index contributed by atoms with van der Waals surface area (Å²) in [6.45, 7) is 0.642. The number of nitrogens with one attached hydrogen (secondary N) is 1. The number of pyridine rings is 1. The number of fused-ring (bicyclic) bond motifs is 1. The van der Waals surface area contributed by atoms with Gasteiger partial charge in [0.15, 0.2) is 0 Å². The Morgan fingerprint density at radius 2 is 2.04 bits per heavy atom. The third kappa shape index (κ3) is 2.60. The van der Waals surface area contributed by atoms with E-state index in [0.29, 0.717) is 35.3 Å². The molecule has 1 N–H and O–H groups in total. The second-order valence-electron chi connectivity index (χ2n) is 5.70. The van der Waals surface area contributed by atoms with E-state index in [0.717, 1.165) is 11.6 Å². The van der Waals surface area contributed by atoms with Gasteiger partial charge in [0.05, 0.1) is 16.7 Å². The van der Waals surface area contributed by atoms with Crippen molar-refractivity contribution in [1.29, 1.82) is 5.26 Å². The fraction of sp³-hybridized carbons (Fsp3) is 0.105. The molecule has 0 bridgehead atoms. The third-order valence-electron chi connectivity index (χ3n) is 4.17. The highest BCUT2D eigenvalue weighted by Crippen LogP contribution is 2.38. The normalized spacial score (nSPS) is 13.7. The molecule has 0 aliphatic carbocycles. The van der Waals surface area contributed by atoms with Crippen molar-refractivity contribution in [3.05, 3.63) is 59.4 Å². The van der Waals surface area contributed by atoms with E-state index in [1.54, 1.807) is 18.3 Å². The van der Waals surface area contributed by atoms with Crippen LogP contribution in [0.3, 0.4) is 0 Å². The highest BCUT2D eigenvalue weighted by atomic mass is 19.1. The highest BCUT2D eigenvalue weighted by molar-refractivity contribution is 6.01. The number of nitrogens with zero attached hydrogens (tertiary/aromatic N) is 3. The van der Waals surface area contributed by atoms with Crippen LogP contribution >= 0.6 is 0 Å². The quantitative estimate of drug-likeness (QED) is 0.762. The Morgan fingerprint density at radius 1 is 1.16 bits per heavy atom. The molecular weight excluding hydrogens is 322 g/mol. The minimum Gasteiger partial charge on any atom is -0.353 e. The Labute approximate surface area is 142 Å². The molecule has 122 valence electrons. The van der Waals surface area contributed by atoms with Crippen LogP contribution in [0.4, 0.5) is 8.78 Å². The summed E-state index contributed by atoms with van der Waals surface area (Å²) in [7, 11) is 0. The number of aromatic nitrogens is 2. The maximum absolute atomic E-state index is 14.5. The van der Waals surface area contributed by atoms with Gasteiger partial charge in [0.1, 0.15) is 23.4 Å². The van der Waals surface area contributed by atoms with Crippen LogP contribution in [0, 0.1) is 23.0 Å². The number of allylic oxidation sites excluding steroid dienone is 1. The Morgan fingerprint density at radius 3 is 2.76 bits per heavy atom. The van der Waals surface area contributed by atoms with E-state index in [1.807, 2.05) is 12.1 Å². The van der Waals surface area contributed by atoms with Crippen molar-refractivity contribution >= 4 is 22.8 Å². The standard InChI is InChI=1S/C19H12F2N4/c20-12-1-3-14(15(21)9-12)17-18(11-5-7-23-8-6-11)25-16-4-2-13(10-22)24-19(16)17/h1-5,7,9,25H,6,8H2. The number of aromatic amines is 1. The number of nitriles is 1. The van der Waals surface area contributed by atoms with E-state index in [2.05, 4.69) is 15.0 Å². The lowest BCUT2D eigenvalue weighted by molar-refractivity contribution is 0.585. The largest absolute Gasteiger partial charge is 0.353 e. The molecule has 0 unspecified atom stereocenters. The van der Waals surface area contributed by atoms with Crippen LogP contribution in [0.5, 0.6) is 0 Å². The maximum atomic E-state index is 14.5. The predicted octanol–water partition coefficient (Wildman–Crippen LogP) is 4.24. The number of halogens is 2. The Kier molecular flexibility index (Phi) is 3.62. The lowest BCUT2D eigenvalue weighted by atomic mass is 9.97. The molecule has 4 nitrogen and oxygen atoms in total. The summed E-state index contributed by atoms with van der Waals surface area (Å²) < 4.78 is 27.8. The van der Waals surface area contributed by atoms with E-state index in [9.17, 15) is 8.78 Å². The van der Waals surface area contributed by atoms with Crippen molar-refractivity contribution in [2.45, 2.75) is 6.42 Å². The maximum Gasteiger partial charge on any atom is 0.141 e. The van der Waals surface area contributed by atoms with Crippen LogP contribution < -0.4 is 0 Å². The van der Waals surface area contributed by atoms with Gasteiger partial charge in [-0.25, -0.2) is 13.8 Å². The summed E-state index contributed by atoms with van der Waals surface area (Å²) in [6.07, 6.45) is 4.28. The number of benzene rings is 1. The molecule has 4 rings (SSSR count). The van der Waals surface area contributed by atoms with Crippen molar-refractivity contribution in [2.75, 3.05) is 6.54 Å². The average Bonchev–Trinajstić information content (AvgIpc) is 3.01. The summed E-state index contributed by atoms with van der Waals surface area (Å²) in [5.41, 5.74) is 3.87. The summed E-state index contributed by atoms with van der Waals surface area (Å²) in [6, 6.07) is 8.80. The zero-order valence-electron chi connectivity index (χ0n) is 13.1. The molecule has 2 aromatic heterocycles. The Hall–Kier alpha value is -3.33. The van der Waals surface area contributed by atoms with E-state index < -0.39 is 11.6 Å². The van der Waals surface area contributed by atoms with Crippen LogP contribution in [-0.2, 0) is 0 Å². The average molecular weight is 334 g/mol. The van der Waals surface area contributed by atoms with Gasteiger partial charge in [-0.1, -0.05) is 0 Å². The first kappa shape index (κ1) is 15.2. The molecule has 1 aliphatic heterocycles. The van der Waals surface area contributed by atoms with Gasteiger partial charge in [0.25, 0.3) is 0 Å². The van der Waals surface area contributed by atoms with E-state index in [4.69, 9.17) is 5.26 Å². The van der Waals surface area contributed by atoms with Crippen molar-refractivity contribution in [1.82, 2.24) is 9.97 Å². The van der Waals surface area contributed by atoms with Gasteiger partial charge in [-0.2, -0.15) is 5.26 Å². The van der Waals surface area contributed by atoms with Crippen LogP contribution in [-0.4, -0.2) is 22.7 Å². The number of rotatable bonds is 2. The number of hydrogen-bond donors (Lipinski definition) is 1. The third-order valence-corrected chi connectivity index (χ3v) is 4.17. The van der Waals surface area contributed by atoms with Crippen LogP contribution in [0.15, 0.2) is 41.4 Å². The van der Waals surface area contributed by atoms with E-state index >= 15 is 0 Å². The topological polar surface area (TPSA) is 64.8 Å². The minimum atomic E-state index is -0.670. The van der Waals surface area contributed by atoms with E-state index in [1.165, 1.54) is 12.1 Å². The zero-order chi connectivity index (χ0) is 17.4. The molecule has 3 aromatic rings. The SMILES string of the molecule is N#Cc1ccc2[nH]c(C3=CC=NCC3)c(-c3ccc(F)cc3F)c2n1. The first-order valence-corrected chi connectivity index (χ1v) is 7.75. The number of dihydropyridines is 1. The molecule has 1 aliphatic rings. The smallest absolute Gasteiger partial charge is 0.141 e. The monoisotopic (exact) mass is 334 g/mol. The first-order chi connectivity index (χ1) is 12.2. The molecule has 0 radical (unpaired) electrons. The first-order valence-electron chi connectivity index (χ1n) is 7.75. The van der Waals surface area contributed by atoms with Crippen LogP contribution in [0.1, 0.15) is 17.8 Å². The highest BCUT2D eigenvalue weighted by Gasteiger charge is 2.21. The van der Waals surface area contributed by atoms with Gasteiger partial charge in [-0.15, -0.1) is 0 Å². The second-order valence-corrected chi connectivity index (χ2v) is 5.70. The van der Waals surface area contributed by atoms with Gasteiger partial charge in [0, 0.05) is 30.0 Å². The van der Waals surface area contributed by atoms with Gasteiger partial charge >= 0.3 is 0 Å². The lowest BCUT2D eigenvalue weighted by Gasteiger charge is -2.11. The molecule has 0 saturated carbocycles. The fourth-order valence-electron chi connectivity index (χ4n) is 3.02. The molecule has 1 aromatic carbocycles. The Bertz CT molecular complexity index is 1090. The summed E-state index contributed by atoms with van der Waals surface area (Å²) in [4.78, 5) is 11.8. The molecule has 3 heterocycles. The van der Waals surface area contributed by atoms with Crippen molar-refractivity contribution < 1.29 is 8.78 Å². The molecule has 0 spiro atoms. The Balaban J connectivity index is 2.06. The van der Waals surface area contributed by atoms with Gasteiger partial charge in [-0.3, -0.25) is 4.99 Å². The van der Waals surface area contributed by atoms with E-state index in [-0.39, 0.29) is 11.3 Å². The molecule has 0 amide bonds. The summed E-state index contributed by atoms with van der Waals surface area (Å²) in [5, 5.41) is 9.13. The molecule has 0 fully saturated rings. The number of hydrogen-bond acceptors (Lipinski definition) is 3. The van der Waals surface area contributed by atoms with Crippen LogP contribution in [0.2, 0.25) is 0 Å². The number of aliphatic imine (C=N–C) groups is 1. The predicted molar refractivity (Wildman–Crippen MR) is 92.1 cm³/mol. The molecule has 25 heavy (non-hydrogen) atoms. The van der Waals surface area contributed by atoms with Crippen molar-refractivity contribution in [3.8, 4) is 17.2 Å². The van der Waals surface area contributed by atoms with Crippen molar-refractivity contribution in [3.63, 3.8) is 0 Å². The lowest BCUT2D eigenvalue weighted by Crippen LogP contribution is -1.97. The summed E-state index contributed by atoms with van der Waals surface area (Å²) >= 11 is 0. The zero-order valence-corrected chi connectivity index (χ0v) is 13.1. The van der Waals surface area contributed by atoms with Gasteiger partial charge < -0.3 is 4.98 Å². The van der Waals surface area contributed by atoms with Gasteiger partial charge in [0.2, 0.25) is 0 Å².